The highest BCUT2D eigenvalue weighted by atomic mass is 35.5. The van der Waals surface area contributed by atoms with Crippen molar-refractivity contribution in [1.82, 2.24) is 14.7 Å². The molecule has 0 radical (unpaired) electrons. The van der Waals surface area contributed by atoms with E-state index in [4.69, 9.17) is 11.6 Å². The summed E-state index contributed by atoms with van der Waals surface area (Å²) in [5, 5.41) is 14.4. The van der Waals surface area contributed by atoms with E-state index >= 15 is 0 Å². The highest BCUT2D eigenvalue weighted by Gasteiger charge is 2.34. The van der Waals surface area contributed by atoms with Gasteiger partial charge in [-0.25, -0.2) is 0 Å². The molecule has 116 valence electrons. The second-order valence-corrected chi connectivity index (χ2v) is 6.92. The highest BCUT2D eigenvalue weighted by Crippen LogP contribution is 2.34. The van der Waals surface area contributed by atoms with Gasteiger partial charge >= 0.3 is 0 Å². The van der Waals surface area contributed by atoms with E-state index < -0.39 is 0 Å². The number of rotatable bonds is 3. The first kappa shape index (κ1) is 14.1. The molecule has 3 saturated heterocycles. The van der Waals surface area contributed by atoms with Crippen molar-refractivity contribution in [3.8, 4) is 16.9 Å². The van der Waals surface area contributed by atoms with Crippen molar-refractivity contribution in [2.24, 2.45) is 11.8 Å². The van der Waals surface area contributed by atoms with Crippen LogP contribution in [0.2, 0.25) is 5.02 Å². The summed E-state index contributed by atoms with van der Waals surface area (Å²) in [6, 6.07) is 5.28. The number of phenolic OH excluding ortho intramolecular Hbond substituents is 1. The summed E-state index contributed by atoms with van der Waals surface area (Å²) in [5.74, 6) is 1.70. The molecule has 1 aromatic carbocycles. The van der Waals surface area contributed by atoms with Crippen LogP contribution < -0.4 is 0 Å². The van der Waals surface area contributed by atoms with Crippen molar-refractivity contribution in [3.05, 3.63) is 35.6 Å². The van der Waals surface area contributed by atoms with Gasteiger partial charge in [-0.05, 0) is 55.5 Å². The lowest BCUT2D eigenvalue weighted by Gasteiger charge is -2.44. The van der Waals surface area contributed by atoms with Gasteiger partial charge in [-0.3, -0.25) is 4.68 Å². The standard InChI is InChI=1S/C17H20ClN3O/c18-16-7-13(1-2-17(16)22)14-8-19-21(10-14)11-15-9-20-5-3-12(15)4-6-20/h1-2,7-8,10,12,15,22H,3-6,9,11H2. The van der Waals surface area contributed by atoms with Gasteiger partial charge in [0, 0.05) is 24.8 Å². The fourth-order valence-electron chi connectivity index (χ4n) is 3.83. The average Bonchev–Trinajstić information content (AvgIpc) is 3.00. The molecule has 2 aromatic rings. The molecular formula is C17H20ClN3O. The van der Waals surface area contributed by atoms with Gasteiger partial charge in [0.25, 0.3) is 0 Å². The van der Waals surface area contributed by atoms with Gasteiger partial charge in [-0.1, -0.05) is 17.7 Å². The SMILES string of the molecule is Oc1ccc(-c2cnn(CC3CN4CCC3CC4)c2)cc1Cl. The van der Waals surface area contributed by atoms with Gasteiger partial charge in [0.1, 0.15) is 5.75 Å². The lowest BCUT2D eigenvalue weighted by atomic mass is 9.79. The molecule has 4 heterocycles. The molecule has 2 bridgehead atoms. The summed E-state index contributed by atoms with van der Waals surface area (Å²) in [7, 11) is 0. The third-order valence-electron chi connectivity index (χ3n) is 5.13. The Balaban J connectivity index is 1.50. The first-order valence-corrected chi connectivity index (χ1v) is 8.30. The van der Waals surface area contributed by atoms with E-state index in [1.807, 2.05) is 12.3 Å². The molecule has 0 spiro atoms. The zero-order valence-electron chi connectivity index (χ0n) is 12.5. The number of hydrogen-bond donors (Lipinski definition) is 1. The molecule has 3 aliphatic heterocycles. The van der Waals surface area contributed by atoms with Gasteiger partial charge in [0.15, 0.2) is 0 Å². The fraction of sp³-hybridized carbons (Fsp3) is 0.471. The van der Waals surface area contributed by atoms with Gasteiger partial charge < -0.3 is 10.0 Å². The van der Waals surface area contributed by atoms with Crippen LogP contribution in [0.3, 0.4) is 0 Å². The normalized spacial score (nSPS) is 27.2. The van der Waals surface area contributed by atoms with Crippen LogP contribution in [0.1, 0.15) is 12.8 Å². The number of phenols is 1. The van der Waals surface area contributed by atoms with E-state index in [1.165, 1.54) is 32.5 Å². The van der Waals surface area contributed by atoms with E-state index in [0.29, 0.717) is 5.02 Å². The van der Waals surface area contributed by atoms with E-state index in [1.54, 1.807) is 12.1 Å². The minimum Gasteiger partial charge on any atom is -0.506 e. The number of piperidine rings is 3. The van der Waals surface area contributed by atoms with Crippen molar-refractivity contribution in [2.45, 2.75) is 19.4 Å². The minimum absolute atomic E-state index is 0.116. The fourth-order valence-corrected chi connectivity index (χ4v) is 4.01. The Morgan fingerprint density at radius 1 is 1.23 bits per heavy atom. The predicted octanol–water partition coefficient (Wildman–Crippen LogP) is 3.25. The summed E-state index contributed by atoms with van der Waals surface area (Å²) >= 11 is 5.99. The molecule has 5 rings (SSSR count). The van der Waals surface area contributed by atoms with Crippen LogP contribution in [-0.2, 0) is 6.54 Å². The Hall–Kier alpha value is -1.52. The molecule has 5 heteroatoms. The van der Waals surface area contributed by atoms with Crippen molar-refractivity contribution in [1.29, 1.82) is 0 Å². The third kappa shape index (κ3) is 2.61. The summed E-state index contributed by atoms with van der Waals surface area (Å²) < 4.78 is 2.06. The summed E-state index contributed by atoms with van der Waals surface area (Å²) in [5.41, 5.74) is 2.03. The summed E-state index contributed by atoms with van der Waals surface area (Å²) in [6.07, 6.45) is 6.64. The van der Waals surface area contributed by atoms with E-state index in [-0.39, 0.29) is 5.75 Å². The molecule has 3 fully saturated rings. The smallest absolute Gasteiger partial charge is 0.134 e. The van der Waals surface area contributed by atoms with Crippen molar-refractivity contribution in [2.75, 3.05) is 19.6 Å². The molecule has 0 aliphatic carbocycles. The zero-order valence-corrected chi connectivity index (χ0v) is 13.2. The topological polar surface area (TPSA) is 41.3 Å². The van der Waals surface area contributed by atoms with Crippen molar-refractivity contribution < 1.29 is 5.11 Å². The van der Waals surface area contributed by atoms with Crippen molar-refractivity contribution >= 4 is 11.6 Å². The van der Waals surface area contributed by atoms with Crippen molar-refractivity contribution in [3.63, 3.8) is 0 Å². The number of aromatic nitrogens is 2. The summed E-state index contributed by atoms with van der Waals surface area (Å²) in [6.45, 7) is 4.76. The monoisotopic (exact) mass is 317 g/mol. The number of fused-ring (bicyclic) bond motifs is 3. The molecule has 0 saturated carbocycles. The van der Waals surface area contributed by atoms with Crippen LogP contribution in [0.15, 0.2) is 30.6 Å². The minimum atomic E-state index is 0.116. The number of aromatic hydroxyl groups is 1. The third-order valence-corrected chi connectivity index (χ3v) is 5.43. The van der Waals surface area contributed by atoms with E-state index in [0.717, 1.165) is 29.5 Å². The lowest BCUT2D eigenvalue weighted by molar-refractivity contribution is 0.0405. The Morgan fingerprint density at radius 3 is 2.73 bits per heavy atom. The molecule has 1 unspecified atom stereocenters. The van der Waals surface area contributed by atoms with Gasteiger partial charge in [0.05, 0.1) is 11.2 Å². The maximum Gasteiger partial charge on any atom is 0.134 e. The number of benzene rings is 1. The van der Waals surface area contributed by atoms with Crippen LogP contribution in [-0.4, -0.2) is 39.4 Å². The molecule has 1 atom stereocenters. The second kappa shape index (κ2) is 5.60. The second-order valence-electron chi connectivity index (χ2n) is 6.52. The Morgan fingerprint density at radius 2 is 2.05 bits per heavy atom. The molecule has 22 heavy (non-hydrogen) atoms. The zero-order chi connectivity index (χ0) is 15.1. The van der Waals surface area contributed by atoms with E-state index in [2.05, 4.69) is 20.9 Å². The van der Waals surface area contributed by atoms with Crippen LogP contribution in [0.5, 0.6) is 5.75 Å². The molecular weight excluding hydrogens is 298 g/mol. The van der Waals surface area contributed by atoms with Gasteiger partial charge in [-0.15, -0.1) is 0 Å². The first-order chi connectivity index (χ1) is 10.7. The maximum atomic E-state index is 9.52. The van der Waals surface area contributed by atoms with Crippen LogP contribution in [0, 0.1) is 11.8 Å². The maximum absolute atomic E-state index is 9.52. The van der Waals surface area contributed by atoms with E-state index in [9.17, 15) is 5.11 Å². The molecule has 4 nitrogen and oxygen atoms in total. The summed E-state index contributed by atoms with van der Waals surface area (Å²) in [4.78, 5) is 2.58. The Kier molecular flexibility index (Phi) is 3.59. The Labute approximate surface area is 135 Å². The molecule has 0 amide bonds. The largest absolute Gasteiger partial charge is 0.506 e. The first-order valence-electron chi connectivity index (χ1n) is 7.93. The number of halogens is 1. The molecule has 1 aromatic heterocycles. The quantitative estimate of drug-likeness (QED) is 0.944. The number of nitrogens with zero attached hydrogens (tertiary/aromatic N) is 3. The molecule has 1 N–H and O–H groups in total. The van der Waals surface area contributed by atoms with Gasteiger partial charge in [0.2, 0.25) is 0 Å². The van der Waals surface area contributed by atoms with Crippen LogP contribution in [0.4, 0.5) is 0 Å². The molecule has 3 aliphatic rings. The predicted molar refractivity (Wildman–Crippen MR) is 87.0 cm³/mol. The Bertz CT molecular complexity index is 676. The highest BCUT2D eigenvalue weighted by molar-refractivity contribution is 6.32. The number of hydrogen-bond acceptors (Lipinski definition) is 3. The lowest BCUT2D eigenvalue weighted by Crippen LogP contribution is -2.48. The van der Waals surface area contributed by atoms with Gasteiger partial charge in [-0.2, -0.15) is 5.10 Å². The van der Waals surface area contributed by atoms with Crippen LogP contribution >= 0.6 is 11.6 Å². The average molecular weight is 318 g/mol. The van der Waals surface area contributed by atoms with Crippen LogP contribution in [0.25, 0.3) is 11.1 Å².